The molecular formula is C12H25NO. The van der Waals surface area contributed by atoms with Crippen LogP contribution in [0.1, 0.15) is 46.5 Å². The van der Waals surface area contributed by atoms with E-state index in [-0.39, 0.29) is 6.10 Å². The number of piperidine rings is 1. The van der Waals surface area contributed by atoms with Gasteiger partial charge in [0.1, 0.15) is 0 Å². The molecule has 3 atom stereocenters. The predicted molar refractivity (Wildman–Crippen MR) is 60.3 cm³/mol. The van der Waals surface area contributed by atoms with Crippen molar-refractivity contribution in [3.8, 4) is 0 Å². The molecule has 0 spiro atoms. The fourth-order valence-corrected chi connectivity index (χ4v) is 2.33. The van der Waals surface area contributed by atoms with Crippen molar-refractivity contribution in [3.05, 3.63) is 0 Å². The van der Waals surface area contributed by atoms with E-state index in [1.54, 1.807) is 0 Å². The Morgan fingerprint density at radius 3 is 2.79 bits per heavy atom. The smallest absolute Gasteiger partial charge is 0.0512 e. The molecule has 0 aliphatic carbocycles. The van der Waals surface area contributed by atoms with E-state index in [2.05, 4.69) is 18.7 Å². The van der Waals surface area contributed by atoms with Crippen LogP contribution in [0, 0.1) is 5.92 Å². The van der Waals surface area contributed by atoms with Gasteiger partial charge in [0.05, 0.1) is 6.10 Å². The lowest BCUT2D eigenvalue weighted by Gasteiger charge is -2.38. The van der Waals surface area contributed by atoms with Crippen molar-refractivity contribution in [2.45, 2.75) is 58.6 Å². The van der Waals surface area contributed by atoms with Crippen LogP contribution in [0.5, 0.6) is 0 Å². The Labute approximate surface area is 88.3 Å². The number of hydrogen-bond donors (Lipinski definition) is 1. The molecule has 1 rings (SSSR count). The topological polar surface area (TPSA) is 23.5 Å². The summed E-state index contributed by atoms with van der Waals surface area (Å²) < 4.78 is 0. The fourth-order valence-electron chi connectivity index (χ4n) is 2.33. The first kappa shape index (κ1) is 12.0. The lowest BCUT2D eigenvalue weighted by Crippen LogP contribution is -2.42. The second-order valence-electron chi connectivity index (χ2n) is 4.89. The first-order chi connectivity index (χ1) is 6.61. The van der Waals surface area contributed by atoms with Gasteiger partial charge in [0, 0.05) is 6.04 Å². The van der Waals surface area contributed by atoms with Crippen molar-refractivity contribution in [2.75, 3.05) is 13.1 Å². The van der Waals surface area contributed by atoms with Crippen LogP contribution in [0.15, 0.2) is 0 Å². The highest BCUT2D eigenvalue weighted by Gasteiger charge is 2.23. The van der Waals surface area contributed by atoms with Gasteiger partial charge in [-0.3, -0.25) is 0 Å². The molecule has 1 heterocycles. The lowest BCUT2D eigenvalue weighted by molar-refractivity contribution is 0.103. The van der Waals surface area contributed by atoms with Crippen molar-refractivity contribution in [1.82, 2.24) is 4.90 Å². The van der Waals surface area contributed by atoms with Crippen LogP contribution in [-0.2, 0) is 0 Å². The molecule has 1 N–H and O–H groups in total. The van der Waals surface area contributed by atoms with Gasteiger partial charge in [0.25, 0.3) is 0 Å². The van der Waals surface area contributed by atoms with Crippen LogP contribution in [0.25, 0.3) is 0 Å². The lowest BCUT2D eigenvalue weighted by atomic mass is 9.92. The van der Waals surface area contributed by atoms with Gasteiger partial charge in [-0.05, 0) is 58.5 Å². The first-order valence-electron chi connectivity index (χ1n) is 6.03. The molecule has 1 aliphatic heterocycles. The molecule has 0 amide bonds. The van der Waals surface area contributed by atoms with Crippen molar-refractivity contribution >= 4 is 0 Å². The summed E-state index contributed by atoms with van der Waals surface area (Å²) in [6.45, 7) is 8.99. The first-order valence-corrected chi connectivity index (χ1v) is 6.03. The van der Waals surface area contributed by atoms with Gasteiger partial charge < -0.3 is 10.0 Å². The molecule has 14 heavy (non-hydrogen) atoms. The molecule has 1 aliphatic rings. The second-order valence-corrected chi connectivity index (χ2v) is 4.89. The third kappa shape index (κ3) is 3.58. The standard InChI is InChI=1S/C12H25NO/c1-10-6-4-8-13(12(10)3)9-5-7-11(2)14/h10-12,14H,4-9H2,1-3H3. The minimum absolute atomic E-state index is 0.132. The summed E-state index contributed by atoms with van der Waals surface area (Å²) >= 11 is 0. The highest BCUT2D eigenvalue weighted by molar-refractivity contribution is 4.78. The molecule has 0 saturated carbocycles. The minimum atomic E-state index is -0.132. The van der Waals surface area contributed by atoms with Crippen LogP contribution >= 0.6 is 0 Å². The normalized spacial score (nSPS) is 31.7. The Morgan fingerprint density at radius 1 is 1.43 bits per heavy atom. The molecule has 2 nitrogen and oxygen atoms in total. The number of hydrogen-bond acceptors (Lipinski definition) is 2. The van der Waals surface area contributed by atoms with Crippen LogP contribution in [0.4, 0.5) is 0 Å². The number of rotatable bonds is 4. The highest BCUT2D eigenvalue weighted by atomic mass is 16.3. The average molecular weight is 199 g/mol. The van der Waals surface area contributed by atoms with E-state index in [4.69, 9.17) is 0 Å². The average Bonchev–Trinajstić information content (AvgIpc) is 2.12. The summed E-state index contributed by atoms with van der Waals surface area (Å²) in [4.78, 5) is 2.58. The molecule has 3 unspecified atom stereocenters. The Kier molecular flexibility index (Phi) is 4.90. The maximum atomic E-state index is 9.18. The molecule has 0 bridgehead atoms. The quantitative estimate of drug-likeness (QED) is 0.751. The maximum absolute atomic E-state index is 9.18. The monoisotopic (exact) mass is 199 g/mol. The number of aliphatic hydroxyl groups is 1. The second kappa shape index (κ2) is 5.72. The molecule has 0 aromatic heterocycles. The van der Waals surface area contributed by atoms with Gasteiger partial charge in [0.15, 0.2) is 0 Å². The molecule has 0 aromatic carbocycles. The highest BCUT2D eigenvalue weighted by Crippen LogP contribution is 2.22. The molecule has 84 valence electrons. The van der Waals surface area contributed by atoms with Gasteiger partial charge in [0.2, 0.25) is 0 Å². The van der Waals surface area contributed by atoms with Gasteiger partial charge in [-0.2, -0.15) is 0 Å². The van der Waals surface area contributed by atoms with E-state index < -0.39 is 0 Å². The summed E-state index contributed by atoms with van der Waals surface area (Å²) in [5.41, 5.74) is 0. The van der Waals surface area contributed by atoms with Crippen LogP contribution in [0.3, 0.4) is 0 Å². The third-order valence-electron chi connectivity index (χ3n) is 3.57. The molecule has 2 heteroatoms. The van der Waals surface area contributed by atoms with Gasteiger partial charge >= 0.3 is 0 Å². The summed E-state index contributed by atoms with van der Waals surface area (Å²) in [5.74, 6) is 0.843. The summed E-state index contributed by atoms with van der Waals surface area (Å²) in [6.07, 6.45) is 4.67. The molecule has 0 radical (unpaired) electrons. The van der Waals surface area contributed by atoms with E-state index in [9.17, 15) is 5.11 Å². The number of aliphatic hydroxyl groups excluding tert-OH is 1. The Bertz CT molecular complexity index is 158. The summed E-state index contributed by atoms with van der Waals surface area (Å²) in [6, 6.07) is 0.734. The minimum Gasteiger partial charge on any atom is -0.393 e. The molecule has 1 fully saturated rings. The molecule has 1 saturated heterocycles. The molecular weight excluding hydrogens is 174 g/mol. The van der Waals surface area contributed by atoms with Crippen LogP contribution in [0.2, 0.25) is 0 Å². The Morgan fingerprint density at radius 2 is 2.14 bits per heavy atom. The van der Waals surface area contributed by atoms with E-state index in [0.29, 0.717) is 0 Å². The zero-order chi connectivity index (χ0) is 10.6. The Hall–Kier alpha value is -0.0800. The van der Waals surface area contributed by atoms with Crippen molar-refractivity contribution in [3.63, 3.8) is 0 Å². The largest absolute Gasteiger partial charge is 0.393 e. The van der Waals surface area contributed by atoms with Gasteiger partial charge in [-0.15, -0.1) is 0 Å². The zero-order valence-corrected chi connectivity index (χ0v) is 9.87. The fraction of sp³-hybridized carbons (Fsp3) is 1.00. The van der Waals surface area contributed by atoms with Gasteiger partial charge in [-0.1, -0.05) is 6.92 Å². The summed E-state index contributed by atoms with van der Waals surface area (Å²) in [7, 11) is 0. The van der Waals surface area contributed by atoms with Crippen LogP contribution < -0.4 is 0 Å². The SMILES string of the molecule is CC(O)CCCN1CCCC(C)C1C. The number of likely N-dealkylation sites (tertiary alicyclic amines) is 1. The molecule has 0 aromatic rings. The van der Waals surface area contributed by atoms with E-state index in [1.165, 1.54) is 19.4 Å². The Balaban J connectivity index is 2.22. The maximum Gasteiger partial charge on any atom is 0.0512 e. The van der Waals surface area contributed by atoms with Crippen molar-refractivity contribution < 1.29 is 5.11 Å². The van der Waals surface area contributed by atoms with Gasteiger partial charge in [-0.25, -0.2) is 0 Å². The zero-order valence-electron chi connectivity index (χ0n) is 9.87. The van der Waals surface area contributed by atoms with E-state index >= 15 is 0 Å². The third-order valence-corrected chi connectivity index (χ3v) is 3.57. The van der Waals surface area contributed by atoms with Crippen molar-refractivity contribution in [2.24, 2.45) is 5.92 Å². The van der Waals surface area contributed by atoms with E-state index in [0.717, 1.165) is 31.3 Å². The van der Waals surface area contributed by atoms with E-state index in [1.807, 2.05) is 6.92 Å². The number of nitrogens with zero attached hydrogens (tertiary/aromatic N) is 1. The van der Waals surface area contributed by atoms with Crippen molar-refractivity contribution in [1.29, 1.82) is 0 Å². The summed E-state index contributed by atoms with van der Waals surface area (Å²) in [5, 5.41) is 9.18. The predicted octanol–water partition coefficient (Wildman–Crippen LogP) is 2.27. The van der Waals surface area contributed by atoms with Crippen LogP contribution in [-0.4, -0.2) is 35.2 Å².